The first kappa shape index (κ1) is 20.6. The second kappa shape index (κ2) is 7.85. The molecule has 1 N–H and O–H groups in total. The number of sulfonamides is 1. The van der Waals surface area contributed by atoms with Crippen LogP contribution in [0.4, 0.5) is 5.69 Å². The van der Waals surface area contributed by atoms with Crippen molar-refractivity contribution in [3.05, 3.63) is 64.1 Å². The molecule has 1 fully saturated rings. The van der Waals surface area contributed by atoms with E-state index in [1.807, 2.05) is 29.7 Å². The minimum Gasteiger partial charge on any atom is -0.326 e. The Hall–Kier alpha value is -2.71. The normalized spacial score (nSPS) is 21.4. The molecule has 30 heavy (non-hydrogen) atoms. The molecular formula is C22H25N3O4S. The van der Waals surface area contributed by atoms with Gasteiger partial charge in [0.2, 0.25) is 15.9 Å². The van der Waals surface area contributed by atoms with E-state index in [1.165, 1.54) is 19.1 Å². The lowest BCUT2D eigenvalue weighted by molar-refractivity contribution is -0.114. The summed E-state index contributed by atoms with van der Waals surface area (Å²) in [6.45, 7) is 4.61. The zero-order valence-corrected chi connectivity index (χ0v) is 17.9. The quantitative estimate of drug-likeness (QED) is 0.813. The number of piperidine rings is 1. The summed E-state index contributed by atoms with van der Waals surface area (Å²) in [7, 11) is -3.67. The molecule has 2 aromatic rings. The number of nitrogens with one attached hydrogen (secondary N) is 1. The lowest BCUT2D eigenvalue weighted by Crippen LogP contribution is -2.49. The molecule has 4 rings (SSSR count). The van der Waals surface area contributed by atoms with Gasteiger partial charge in [0.05, 0.1) is 4.90 Å². The molecule has 0 spiro atoms. The Kier molecular flexibility index (Phi) is 5.38. The Morgan fingerprint density at radius 1 is 1.10 bits per heavy atom. The fraction of sp³-hybridized carbons (Fsp3) is 0.364. The van der Waals surface area contributed by atoms with Gasteiger partial charge in [-0.1, -0.05) is 12.2 Å². The van der Waals surface area contributed by atoms with Gasteiger partial charge in [0.25, 0.3) is 5.56 Å². The number of nitrogens with zero attached hydrogens (tertiary/aromatic N) is 2. The molecule has 1 aromatic carbocycles. The fourth-order valence-corrected chi connectivity index (χ4v) is 6.14. The first-order valence-electron chi connectivity index (χ1n) is 10.0. The summed E-state index contributed by atoms with van der Waals surface area (Å²) in [5.41, 5.74) is 2.43. The summed E-state index contributed by atoms with van der Waals surface area (Å²) in [5, 5.41) is 2.64. The Morgan fingerprint density at radius 3 is 2.50 bits per heavy atom. The third-order valence-electron chi connectivity index (χ3n) is 5.75. The van der Waals surface area contributed by atoms with Crippen molar-refractivity contribution in [1.29, 1.82) is 0 Å². The largest absolute Gasteiger partial charge is 0.326 e. The molecule has 1 saturated heterocycles. The number of fused-ring (bicyclic) bond motifs is 4. The highest BCUT2D eigenvalue weighted by Gasteiger charge is 2.40. The van der Waals surface area contributed by atoms with E-state index >= 15 is 0 Å². The molecule has 2 bridgehead atoms. The van der Waals surface area contributed by atoms with Crippen molar-refractivity contribution in [2.75, 3.05) is 18.4 Å². The smallest absolute Gasteiger partial charge is 0.250 e. The second-order valence-corrected chi connectivity index (χ2v) is 9.89. The van der Waals surface area contributed by atoms with Gasteiger partial charge >= 0.3 is 0 Å². The molecule has 7 nitrogen and oxygen atoms in total. The standard InChI is InChI=1S/C22H25N3O4S/c1-3-4-17-5-10-21(27)25-13-16-11-18(22(17)25)14-24(12-16)30(28,29)20-8-6-19(7-9-20)23-15(2)26/h3-10,16,18H,11-14H2,1-2H3,(H,23,26)/t16-,18-/m0/s1. The van der Waals surface area contributed by atoms with Gasteiger partial charge in [-0.15, -0.1) is 0 Å². The van der Waals surface area contributed by atoms with E-state index in [-0.39, 0.29) is 28.2 Å². The van der Waals surface area contributed by atoms with Crippen LogP contribution >= 0.6 is 0 Å². The Bertz CT molecular complexity index is 1170. The van der Waals surface area contributed by atoms with E-state index < -0.39 is 10.0 Å². The number of carbonyl (C=O) groups excluding carboxylic acids is 1. The molecule has 3 heterocycles. The van der Waals surface area contributed by atoms with Gasteiger partial charge in [-0.2, -0.15) is 4.31 Å². The van der Waals surface area contributed by atoms with Crippen LogP contribution in [0.5, 0.6) is 0 Å². The number of aromatic nitrogens is 1. The highest BCUT2D eigenvalue weighted by atomic mass is 32.2. The maximum atomic E-state index is 13.3. The summed E-state index contributed by atoms with van der Waals surface area (Å²) >= 11 is 0. The third kappa shape index (κ3) is 3.73. The molecule has 2 atom stereocenters. The van der Waals surface area contributed by atoms with Crippen LogP contribution in [0, 0.1) is 5.92 Å². The predicted molar refractivity (Wildman–Crippen MR) is 116 cm³/mol. The highest BCUT2D eigenvalue weighted by Crippen LogP contribution is 2.39. The van der Waals surface area contributed by atoms with E-state index in [0.717, 1.165) is 17.7 Å². The first-order chi connectivity index (χ1) is 14.3. The molecule has 2 aliphatic rings. The van der Waals surface area contributed by atoms with Gasteiger partial charge in [-0.25, -0.2) is 8.42 Å². The average molecular weight is 428 g/mol. The van der Waals surface area contributed by atoms with Crippen LogP contribution in [0.2, 0.25) is 0 Å². The minimum absolute atomic E-state index is 0.0222. The van der Waals surface area contributed by atoms with Crippen molar-refractivity contribution < 1.29 is 13.2 Å². The van der Waals surface area contributed by atoms with Crippen LogP contribution in [0.25, 0.3) is 6.08 Å². The van der Waals surface area contributed by atoms with E-state index in [0.29, 0.717) is 25.3 Å². The van der Waals surface area contributed by atoms with Crippen molar-refractivity contribution in [2.45, 2.75) is 37.6 Å². The molecule has 1 aromatic heterocycles. The average Bonchev–Trinajstić information content (AvgIpc) is 2.70. The molecule has 8 heteroatoms. The van der Waals surface area contributed by atoms with Gasteiger partial charge in [-0.3, -0.25) is 9.59 Å². The maximum absolute atomic E-state index is 13.3. The number of allylic oxidation sites excluding steroid dienone is 1. The molecule has 0 saturated carbocycles. The number of hydrogen-bond acceptors (Lipinski definition) is 4. The summed E-state index contributed by atoms with van der Waals surface area (Å²) in [6, 6.07) is 9.65. The number of pyridine rings is 1. The zero-order valence-electron chi connectivity index (χ0n) is 17.0. The maximum Gasteiger partial charge on any atom is 0.250 e. The first-order valence-corrected chi connectivity index (χ1v) is 11.5. The van der Waals surface area contributed by atoms with Crippen LogP contribution in [0.1, 0.15) is 37.4 Å². The second-order valence-electron chi connectivity index (χ2n) is 7.95. The Labute approximate surface area is 176 Å². The van der Waals surface area contributed by atoms with E-state index in [4.69, 9.17) is 0 Å². The van der Waals surface area contributed by atoms with E-state index in [1.54, 1.807) is 22.5 Å². The summed E-state index contributed by atoms with van der Waals surface area (Å²) in [6.07, 6.45) is 4.78. The van der Waals surface area contributed by atoms with Crippen LogP contribution < -0.4 is 10.9 Å². The van der Waals surface area contributed by atoms with E-state index in [2.05, 4.69) is 5.32 Å². The van der Waals surface area contributed by atoms with Crippen LogP contribution in [0.15, 0.2) is 52.2 Å². The number of carbonyl (C=O) groups is 1. The van der Waals surface area contributed by atoms with Crippen molar-refractivity contribution in [2.24, 2.45) is 5.92 Å². The number of hydrogen-bond donors (Lipinski definition) is 1. The van der Waals surface area contributed by atoms with Gasteiger partial charge in [0, 0.05) is 49.9 Å². The monoisotopic (exact) mass is 427 g/mol. The number of anilines is 1. The predicted octanol–water partition coefficient (Wildman–Crippen LogP) is 2.65. The van der Waals surface area contributed by atoms with Crippen LogP contribution in [-0.4, -0.2) is 36.3 Å². The summed E-state index contributed by atoms with van der Waals surface area (Å²) in [5.74, 6) is -0.130. The van der Waals surface area contributed by atoms with Gasteiger partial charge in [0.15, 0.2) is 0 Å². The fourth-order valence-electron chi connectivity index (χ4n) is 4.58. The number of benzene rings is 1. The zero-order chi connectivity index (χ0) is 21.5. The third-order valence-corrected chi connectivity index (χ3v) is 7.59. The lowest BCUT2D eigenvalue weighted by Gasteiger charge is -2.42. The molecule has 0 aliphatic carbocycles. The highest BCUT2D eigenvalue weighted by molar-refractivity contribution is 7.89. The lowest BCUT2D eigenvalue weighted by atomic mass is 9.82. The molecule has 0 radical (unpaired) electrons. The SMILES string of the molecule is CC=Cc1ccc(=O)n2c1[C@H]1C[C@@H](CN(S(=O)(=O)c3ccc(NC(C)=O)cc3)C1)C2. The summed E-state index contributed by atoms with van der Waals surface area (Å²) in [4.78, 5) is 23.8. The van der Waals surface area contributed by atoms with Crippen LogP contribution in [-0.2, 0) is 21.4 Å². The van der Waals surface area contributed by atoms with Crippen molar-refractivity contribution >= 4 is 27.7 Å². The summed E-state index contributed by atoms with van der Waals surface area (Å²) < 4.78 is 30.0. The minimum atomic E-state index is -3.67. The topological polar surface area (TPSA) is 88.5 Å². The molecule has 2 aliphatic heterocycles. The number of rotatable bonds is 4. The van der Waals surface area contributed by atoms with Crippen LogP contribution in [0.3, 0.4) is 0 Å². The van der Waals surface area contributed by atoms with Gasteiger partial charge < -0.3 is 9.88 Å². The molecule has 0 unspecified atom stereocenters. The van der Waals surface area contributed by atoms with Crippen molar-refractivity contribution in [3.8, 4) is 0 Å². The van der Waals surface area contributed by atoms with Crippen molar-refractivity contribution in [3.63, 3.8) is 0 Å². The number of amides is 1. The Balaban J connectivity index is 1.66. The molecule has 1 amide bonds. The van der Waals surface area contributed by atoms with Crippen molar-refractivity contribution in [1.82, 2.24) is 8.87 Å². The Morgan fingerprint density at radius 2 is 1.83 bits per heavy atom. The molecule has 158 valence electrons. The van der Waals surface area contributed by atoms with Gasteiger partial charge in [0.1, 0.15) is 0 Å². The van der Waals surface area contributed by atoms with Gasteiger partial charge in [-0.05, 0) is 55.2 Å². The van der Waals surface area contributed by atoms with E-state index in [9.17, 15) is 18.0 Å². The molecular weight excluding hydrogens is 402 g/mol.